The minimum Gasteiger partial charge on any atom is -0.489 e. The lowest BCUT2D eigenvalue weighted by Gasteiger charge is -2.20. The zero-order valence-corrected chi connectivity index (χ0v) is 13.5. The van der Waals surface area contributed by atoms with Gasteiger partial charge in [0.15, 0.2) is 0 Å². The summed E-state index contributed by atoms with van der Waals surface area (Å²) in [7, 11) is 3.36. The largest absolute Gasteiger partial charge is 0.489 e. The van der Waals surface area contributed by atoms with E-state index in [2.05, 4.69) is 18.3 Å². The molecule has 0 aliphatic rings. The van der Waals surface area contributed by atoms with Gasteiger partial charge >= 0.3 is 6.03 Å². The highest BCUT2D eigenvalue weighted by Gasteiger charge is 2.13. The Morgan fingerprint density at radius 3 is 2.59 bits per heavy atom. The smallest absolute Gasteiger partial charge is 0.321 e. The summed E-state index contributed by atoms with van der Waals surface area (Å²) in [5.41, 5.74) is 4.13. The molecule has 0 heterocycles. The first-order valence-corrected chi connectivity index (χ1v) is 7.26. The highest BCUT2D eigenvalue weighted by atomic mass is 16.5. The fourth-order valence-electron chi connectivity index (χ4n) is 2.35. The number of carbonyl (C=O) groups is 1. The number of rotatable bonds is 4. The molecule has 0 spiro atoms. The van der Waals surface area contributed by atoms with Crippen LogP contribution in [0.2, 0.25) is 0 Å². The standard InChI is InChI=1S/C18H22N2O2/c1-13-9-10-17(14(2)11-13)22-12-15-7-5-6-8-16(15)20(4)18(21)19-3/h5-11H,12H2,1-4H3,(H,19,21). The molecule has 0 aliphatic heterocycles. The zero-order valence-electron chi connectivity index (χ0n) is 13.5. The van der Waals surface area contributed by atoms with E-state index >= 15 is 0 Å². The number of amides is 2. The fraction of sp³-hybridized carbons (Fsp3) is 0.278. The van der Waals surface area contributed by atoms with Crippen molar-refractivity contribution in [2.75, 3.05) is 19.0 Å². The molecule has 0 saturated carbocycles. The van der Waals surface area contributed by atoms with E-state index in [1.807, 2.05) is 43.3 Å². The molecule has 0 bridgehead atoms. The van der Waals surface area contributed by atoms with Crippen molar-refractivity contribution in [1.82, 2.24) is 5.32 Å². The van der Waals surface area contributed by atoms with E-state index in [4.69, 9.17) is 4.74 Å². The Morgan fingerprint density at radius 2 is 1.91 bits per heavy atom. The maximum absolute atomic E-state index is 11.8. The quantitative estimate of drug-likeness (QED) is 0.936. The second-order valence-corrected chi connectivity index (χ2v) is 5.30. The Bertz CT molecular complexity index is 668. The molecule has 0 atom stereocenters. The number of urea groups is 1. The Balaban J connectivity index is 2.18. The van der Waals surface area contributed by atoms with Crippen LogP contribution in [0.1, 0.15) is 16.7 Å². The van der Waals surface area contributed by atoms with E-state index in [0.717, 1.165) is 22.6 Å². The molecule has 2 amide bonds. The molecular formula is C18H22N2O2. The van der Waals surface area contributed by atoms with Gasteiger partial charge in [-0.3, -0.25) is 4.90 Å². The third kappa shape index (κ3) is 3.58. The lowest BCUT2D eigenvalue weighted by atomic mass is 10.1. The number of benzene rings is 2. The molecule has 1 N–H and O–H groups in total. The van der Waals surface area contributed by atoms with Crippen LogP contribution in [0.5, 0.6) is 5.75 Å². The van der Waals surface area contributed by atoms with Crippen LogP contribution in [-0.2, 0) is 6.61 Å². The lowest BCUT2D eigenvalue weighted by molar-refractivity contribution is 0.249. The summed E-state index contributed by atoms with van der Waals surface area (Å²) in [4.78, 5) is 13.4. The minimum atomic E-state index is -0.154. The fourth-order valence-corrected chi connectivity index (χ4v) is 2.35. The normalized spacial score (nSPS) is 10.2. The summed E-state index contributed by atoms with van der Waals surface area (Å²) in [6.45, 7) is 4.51. The number of anilines is 1. The number of carbonyl (C=O) groups excluding carboxylic acids is 1. The summed E-state index contributed by atoms with van der Waals surface area (Å²) >= 11 is 0. The van der Waals surface area contributed by atoms with E-state index in [0.29, 0.717) is 6.61 Å². The maximum atomic E-state index is 11.8. The van der Waals surface area contributed by atoms with Gasteiger partial charge in [-0.2, -0.15) is 0 Å². The Hall–Kier alpha value is -2.49. The predicted molar refractivity (Wildman–Crippen MR) is 89.5 cm³/mol. The van der Waals surface area contributed by atoms with Gasteiger partial charge in [0.1, 0.15) is 12.4 Å². The molecule has 22 heavy (non-hydrogen) atoms. The molecule has 0 aliphatic carbocycles. The van der Waals surface area contributed by atoms with Crippen LogP contribution in [0.4, 0.5) is 10.5 Å². The number of hydrogen-bond donors (Lipinski definition) is 1. The molecule has 116 valence electrons. The maximum Gasteiger partial charge on any atom is 0.321 e. The van der Waals surface area contributed by atoms with Crippen LogP contribution in [0.3, 0.4) is 0 Å². The topological polar surface area (TPSA) is 41.6 Å². The van der Waals surface area contributed by atoms with Crippen LogP contribution in [0.25, 0.3) is 0 Å². The lowest BCUT2D eigenvalue weighted by Crippen LogP contribution is -2.35. The summed E-state index contributed by atoms with van der Waals surface area (Å²) < 4.78 is 5.92. The minimum absolute atomic E-state index is 0.154. The molecular weight excluding hydrogens is 276 g/mol. The highest BCUT2D eigenvalue weighted by Crippen LogP contribution is 2.24. The second kappa shape index (κ2) is 6.98. The van der Waals surface area contributed by atoms with Crippen molar-refractivity contribution in [3.8, 4) is 5.75 Å². The molecule has 0 fully saturated rings. The first-order valence-electron chi connectivity index (χ1n) is 7.26. The van der Waals surface area contributed by atoms with Gasteiger partial charge in [0.25, 0.3) is 0 Å². The Labute approximate surface area is 131 Å². The summed E-state index contributed by atoms with van der Waals surface area (Å²) in [6.07, 6.45) is 0. The third-order valence-electron chi connectivity index (χ3n) is 3.59. The zero-order chi connectivity index (χ0) is 16.1. The van der Waals surface area contributed by atoms with E-state index in [9.17, 15) is 4.79 Å². The number of para-hydroxylation sites is 1. The number of ether oxygens (including phenoxy) is 1. The number of aryl methyl sites for hydroxylation is 2. The van der Waals surface area contributed by atoms with Gasteiger partial charge in [-0.15, -0.1) is 0 Å². The van der Waals surface area contributed by atoms with Crippen LogP contribution >= 0.6 is 0 Å². The summed E-state index contributed by atoms with van der Waals surface area (Å²) in [6, 6.07) is 13.7. The Morgan fingerprint density at radius 1 is 1.18 bits per heavy atom. The predicted octanol–water partition coefficient (Wildman–Crippen LogP) is 3.66. The van der Waals surface area contributed by atoms with Crippen LogP contribution in [0.15, 0.2) is 42.5 Å². The van der Waals surface area contributed by atoms with Crippen molar-refractivity contribution in [2.45, 2.75) is 20.5 Å². The van der Waals surface area contributed by atoms with Gasteiger partial charge in [0.05, 0.1) is 5.69 Å². The van der Waals surface area contributed by atoms with Crippen LogP contribution < -0.4 is 15.0 Å². The van der Waals surface area contributed by atoms with E-state index in [1.165, 1.54) is 5.56 Å². The van der Waals surface area contributed by atoms with Gasteiger partial charge < -0.3 is 10.1 Å². The molecule has 0 saturated heterocycles. The SMILES string of the molecule is CNC(=O)N(C)c1ccccc1COc1ccc(C)cc1C. The van der Waals surface area contributed by atoms with Crippen molar-refractivity contribution in [1.29, 1.82) is 0 Å². The highest BCUT2D eigenvalue weighted by molar-refractivity contribution is 5.91. The molecule has 0 radical (unpaired) electrons. The first-order chi connectivity index (χ1) is 10.5. The van der Waals surface area contributed by atoms with Crippen molar-refractivity contribution < 1.29 is 9.53 Å². The monoisotopic (exact) mass is 298 g/mol. The van der Waals surface area contributed by atoms with Crippen molar-refractivity contribution in [3.05, 3.63) is 59.2 Å². The molecule has 2 aromatic rings. The molecule has 4 heteroatoms. The van der Waals surface area contributed by atoms with Crippen molar-refractivity contribution in [3.63, 3.8) is 0 Å². The molecule has 0 unspecified atom stereocenters. The molecule has 4 nitrogen and oxygen atoms in total. The molecule has 2 rings (SSSR count). The van der Waals surface area contributed by atoms with Crippen LogP contribution in [-0.4, -0.2) is 20.1 Å². The molecule has 2 aromatic carbocycles. The second-order valence-electron chi connectivity index (χ2n) is 5.30. The van der Waals surface area contributed by atoms with E-state index in [-0.39, 0.29) is 6.03 Å². The number of nitrogens with one attached hydrogen (secondary N) is 1. The average Bonchev–Trinajstić information content (AvgIpc) is 2.53. The summed E-state index contributed by atoms with van der Waals surface area (Å²) in [5.74, 6) is 0.864. The first kappa shape index (κ1) is 15.9. The van der Waals surface area contributed by atoms with Gasteiger partial charge in [0.2, 0.25) is 0 Å². The molecule has 0 aromatic heterocycles. The van der Waals surface area contributed by atoms with Gasteiger partial charge in [-0.1, -0.05) is 35.9 Å². The van der Waals surface area contributed by atoms with Crippen LogP contribution in [0, 0.1) is 13.8 Å². The van der Waals surface area contributed by atoms with Gasteiger partial charge in [-0.25, -0.2) is 4.79 Å². The van der Waals surface area contributed by atoms with E-state index < -0.39 is 0 Å². The number of hydrogen-bond acceptors (Lipinski definition) is 2. The van der Waals surface area contributed by atoms with E-state index in [1.54, 1.807) is 19.0 Å². The van der Waals surface area contributed by atoms with Gasteiger partial charge in [0, 0.05) is 19.7 Å². The number of nitrogens with zero attached hydrogens (tertiary/aromatic N) is 1. The van der Waals surface area contributed by atoms with Crippen molar-refractivity contribution in [2.24, 2.45) is 0 Å². The average molecular weight is 298 g/mol. The summed E-state index contributed by atoms with van der Waals surface area (Å²) in [5, 5.41) is 2.63. The third-order valence-corrected chi connectivity index (χ3v) is 3.59. The Kier molecular flexibility index (Phi) is 5.04. The van der Waals surface area contributed by atoms with Crippen molar-refractivity contribution >= 4 is 11.7 Å². The van der Waals surface area contributed by atoms with Gasteiger partial charge in [-0.05, 0) is 31.5 Å².